The molecule has 6 heteroatoms. The smallest absolute Gasteiger partial charge is 0.204 e. The van der Waals surface area contributed by atoms with E-state index in [1.165, 1.54) is 36.9 Å². The quantitative estimate of drug-likeness (QED) is 0.932. The molecule has 1 aromatic heterocycles. The van der Waals surface area contributed by atoms with E-state index in [0.29, 0.717) is 11.9 Å². The maximum Gasteiger partial charge on any atom is 0.204 e. The fourth-order valence-corrected chi connectivity index (χ4v) is 2.69. The van der Waals surface area contributed by atoms with E-state index in [0.717, 1.165) is 11.3 Å². The van der Waals surface area contributed by atoms with Crippen molar-refractivity contribution in [2.45, 2.75) is 44.7 Å². The van der Waals surface area contributed by atoms with E-state index in [1.54, 1.807) is 0 Å². The van der Waals surface area contributed by atoms with Gasteiger partial charge in [-0.3, -0.25) is 0 Å². The molecule has 0 bridgehead atoms. The highest BCUT2D eigenvalue weighted by Crippen LogP contribution is 2.23. The van der Waals surface area contributed by atoms with Crippen molar-refractivity contribution in [2.75, 3.05) is 5.32 Å². The Bertz CT molecular complexity index is 618. The van der Waals surface area contributed by atoms with Crippen LogP contribution in [0.15, 0.2) is 24.3 Å². The van der Waals surface area contributed by atoms with Crippen LogP contribution in [-0.4, -0.2) is 26.2 Å². The zero-order valence-electron chi connectivity index (χ0n) is 11.9. The third-order valence-corrected chi connectivity index (χ3v) is 3.78. The van der Waals surface area contributed by atoms with Crippen LogP contribution in [-0.2, 0) is 6.54 Å². The number of hydrogen-bond donors (Lipinski definition) is 1. The van der Waals surface area contributed by atoms with Crippen LogP contribution in [0.5, 0.6) is 0 Å². The number of anilines is 1. The second kappa shape index (κ2) is 6.35. The van der Waals surface area contributed by atoms with E-state index in [2.05, 4.69) is 32.9 Å². The largest absolute Gasteiger partial charge is 0.382 e. The van der Waals surface area contributed by atoms with Crippen molar-refractivity contribution in [3.05, 3.63) is 24.3 Å². The molecule has 0 spiro atoms. The first kappa shape index (κ1) is 13.6. The molecular weight excluding hydrogens is 264 g/mol. The number of tetrazole rings is 1. The summed E-state index contributed by atoms with van der Waals surface area (Å²) >= 11 is 0. The molecule has 1 aliphatic rings. The van der Waals surface area contributed by atoms with Gasteiger partial charge >= 0.3 is 0 Å². The topological polar surface area (TPSA) is 79.4 Å². The summed E-state index contributed by atoms with van der Waals surface area (Å²) in [6.45, 7) is 0.119. The molecule has 3 rings (SSSR count). The fourth-order valence-electron chi connectivity index (χ4n) is 2.69. The minimum atomic E-state index is 0.119. The molecule has 0 aliphatic heterocycles. The lowest BCUT2D eigenvalue weighted by molar-refractivity contribution is 0.463. The van der Waals surface area contributed by atoms with E-state index >= 15 is 0 Å². The summed E-state index contributed by atoms with van der Waals surface area (Å²) in [7, 11) is 0. The van der Waals surface area contributed by atoms with Crippen LogP contribution >= 0.6 is 0 Å². The Hall–Kier alpha value is -2.42. The Morgan fingerprint density at radius 3 is 2.67 bits per heavy atom. The highest BCUT2D eigenvalue weighted by molar-refractivity contribution is 5.59. The van der Waals surface area contributed by atoms with Gasteiger partial charge in [-0.2, -0.15) is 5.26 Å². The molecule has 1 aromatic carbocycles. The SMILES string of the molecule is N#CCn1nnc(-c2ccc(NC3CCCCC3)cc2)n1. The van der Waals surface area contributed by atoms with Crippen LogP contribution in [0.4, 0.5) is 5.69 Å². The van der Waals surface area contributed by atoms with E-state index in [-0.39, 0.29) is 6.54 Å². The van der Waals surface area contributed by atoms with Crippen molar-refractivity contribution in [2.24, 2.45) is 0 Å². The summed E-state index contributed by atoms with van der Waals surface area (Å²) in [4.78, 5) is 1.30. The first-order chi connectivity index (χ1) is 10.3. The Kier molecular flexibility index (Phi) is 4.10. The van der Waals surface area contributed by atoms with Gasteiger partial charge in [0.05, 0.1) is 6.07 Å². The van der Waals surface area contributed by atoms with Crippen molar-refractivity contribution in [1.82, 2.24) is 20.2 Å². The highest BCUT2D eigenvalue weighted by Gasteiger charge is 2.13. The third kappa shape index (κ3) is 3.37. The second-order valence-electron chi connectivity index (χ2n) is 5.36. The van der Waals surface area contributed by atoms with Gasteiger partial charge in [-0.1, -0.05) is 19.3 Å². The highest BCUT2D eigenvalue weighted by atomic mass is 15.6. The lowest BCUT2D eigenvalue weighted by Crippen LogP contribution is -2.22. The summed E-state index contributed by atoms with van der Waals surface area (Å²) < 4.78 is 0. The summed E-state index contributed by atoms with van der Waals surface area (Å²) in [6.07, 6.45) is 6.52. The second-order valence-corrected chi connectivity index (χ2v) is 5.36. The molecule has 1 aliphatic carbocycles. The molecule has 0 saturated heterocycles. The van der Waals surface area contributed by atoms with Crippen LogP contribution in [0.2, 0.25) is 0 Å². The lowest BCUT2D eigenvalue weighted by Gasteiger charge is -2.23. The molecule has 1 N–H and O–H groups in total. The molecule has 6 nitrogen and oxygen atoms in total. The van der Waals surface area contributed by atoms with Gasteiger partial charge in [0.1, 0.15) is 6.54 Å². The molecule has 2 aromatic rings. The first-order valence-electron chi connectivity index (χ1n) is 7.37. The number of nitriles is 1. The number of benzene rings is 1. The Labute approximate surface area is 123 Å². The van der Waals surface area contributed by atoms with E-state index < -0.39 is 0 Å². The van der Waals surface area contributed by atoms with Crippen molar-refractivity contribution < 1.29 is 0 Å². The maximum absolute atomic E-state index is 8.60. The van der Waals surface area contributed by atoms with Gasteiger partial charge < -0.3 is 5.32 Å². The van der Waals surface area contributed by atoms with Gasteiger partial charge in [0.2, 0.25) is 5.82 Å². The number of nitrogens with one attached hydrogen (secondary N) is 1. The van der Waals surface area contributed by atoms with E-state index in [1.807, 2.05) is 18.2 Å². The van der Waals surface area contributed by atoms with E-state index in [9.17, 15) is 0 Å². The average molecular weight is 282 g/mol. The fraction of sp³-hybridized carbons (Fsp3) is 0.467. The number of aromatic nitrogens is 4. The molecule has 0 unspecified atom stereocenters. The van der Waals surface area contributed by atoms with Crippen LogP contribution in [0.25, 0.3) is 11.4 Å². The minimum absolute atomic E-state index is 0.119. The maximum atomic E-state index is 8.60. The molecule has 108 valence electrons. The average Bonchev–Trinajstić information content (AvgIpc) is 2.98. The third-order valence-electron chi connectivity index (χ3n) is 3.78. The van der Waals surface area contributed by atoms with Crippen molar-refractivity contribution in [1.29, 1.82) is 5.26 Å². The summed E-state index contributed by atoms with van der Waals surface area (Å²) in [5.74, 6) is 0.550. The van der Waals surface area contributed by atoms with Crippen molar-refractivity contribution >= 4 is 5.69 Å². The molecular formula is C15H18N6. The summed E-state index contributed by atoms with van der Waals surface area (Å²) in [5, 5.41) is 24.1. The zero-order chi connectivity index (χ0) is 14.5. The predicted molar refractivity (Wildman–Crippen MR) is 79.4 cm³/mol. The Morgan fingerprint density at radius 2 is 1.95 bits per heavy atom. The monoisotopic (exact) mass is 282 g/mol. The van der Waals surface area contributed by atoms with Gasteiger partial charge in [0.25, 0.3) is 0 Å². The van der Waals surface area contributed by atoms with Crippen molar-refractivity contribution in [3.63, 3.8) is 0 Å². The Balaban J connectivity index is 1.66. The first-order valence-corrected chi connectivity index (χ1v) is 7.37. The van der Waals surface area contributed by atoms with Gasteiger partial charge in [-0.05, 0) is 42.3 Å². The molecule has 1 saturated carbocycles. The van der Waals surface area contributed by atoms with Crippen LogP contribution in [0.3, 0.4) is 0 Å². The predicted octanol–water partition coefficient (Wildman–Crippen LogP) is 2.61. The van der Waals surface area contributed by atoms with Gasteiger partial charge in [0, 0.05) is 17.3 Å². The van der Waals surface area contributed by atoms with Crippen LogP contribution in [0.1, 0.15) is 32.1 Å². The molecule has 0 radical (unpaired) electrons. The summed E-state index contributed by atoms with van der Waals surface area (Å²) in [6, 6.07) is 10.7. The summed E-state index contributed by atoms with van der Waals surface area (Å²) in [5.41, 5.74) is 2.04. The molecule has 21 heavy (non-hydrogen) atoms. The van der Waals surface area contributed by atoms with Gasteiger partial charge in [0.15, 0.2) is 0 Å². The number of nitrogens with zero attached hydrogens (tertiary/aromatic N) is 5. The van der Waals surface area contributed by atoms with Crippen LogP contribution < -0.4 is 5.32 Å². The van der Waals surface area contributed by atoms with Crippen LogP contribution in [0, 0.1) is 11.3 Å². The molecule has 0 amide bonds. The molecule has 1 heterocycles. The van der Waals surface area contributed by atoms with E-state index in [4.69, 9.17) is 5.26 Å². The normalized spacial score (nSPS) is 15.6. The van der Waals surface area contributed by atoms with Crippen molar-refractivity contribution in [3.8, 4) is 17.5 Å². The number of hydrogen-bond acceptors (Lipinski definition) is 5. The molecule has 0 atom stereocenters. The Morgan fingerprint density at radius 1 is 1.19 bits per heavy atom. The lowest BCUT2D eigenvalue weighted by atomic mass is 9.95. The zero-order valence-corrected chi connectivity index (χ0v) is 11.9. The van der Waals surface area contributed by atoms with Gasteiger partial charge in [-0.15, -0.1) is 15.0 Å². The van der Waals surface area contributed by atoms with Gasteiger partial charge in [-0.25, -0.2) is 0 Å². The minimum Gasteiger partial charge on any atom is -0.382 e. The number of rotatable bonds is 4. The molecule has 1 fully saturated rings. The standard InChI is InChI=1S/C15H18N6/c16-10-11-21-19-15(18-20-21)12-6-8-14(9-7-12)17-13-4-2-1-3-5-13/h6-9,13,17H,1-5,11H2.